The lowest BCUT2D eigenvalue weighted by molar-refractivity contribution is 0.597. The van der Waals surface area contributed by atoms with E-state index in [1.54, 1.807) is 30.7 Å². The molecule has 146 valence electrons. The van der Waals surface area contributed by atoms with Crippen LogP contribution in [0.2, 0.25) is 0 Å². The molecule has 0 amide bonds. The summed E-state index contributed by atoms with van der Waals surface area (Å²) in [6, 6.07) is 12.7. The number of rotatable bonds is 2. The molecule has 0 radical (unpaired) electrons. The molecule has 2 aromatic carbocycles. The van der Waals surface area contributed by atoms with Gasteiger partial charge >= 0.3 is 0 Å². The minimum atomic E-state index is -3.81. The van der Waals surface area contributed by atoms with Crippen LogP contribution < -0.4 is 20.5 Å². The van der Waals surface area contributed by atoms with Crippen LogP contribution >= 0.6 is 0 Å². The van der Waals surface area contributed by atoms with Crippen LogP contribution in [-0.4, -0.2) is 33.1 Å². The van der Waals surface area contributed by atoms with Gasteiger partial charge in [0.15, 0.2) is 0 Å². The lowest BCUT2D eigenvalue weighted by atomic mass is 10.1. The van der Waals surface area contributed by atoms with Gasteiger partial charge in [0.1, 0.15) is 0 Å². The first-order valence-electron chi connectivity index (χ1n) is 8.93. The van der Waals surface area contributed by atoms with Crippen molar-refractivity contribution in [3.05, 3.63) is 58.4 Å². The van der Waals surface area contributed by atoms with Gasteiger partial charge in [0.25, 0.3) is 5.56 Å². The number of pyridine rings is 1. The predicted molar refractivity (Wildman–Crippen MR) is 112 cm³/mol. The van der Waals surface area contributed by atoms with E-state index in [-0.39, 0.29) is 10.5 Å². The third kappa shape index (κ3) is 2.85. The Bertz CT molecular complexity index is 1260. The van der Waals surface area contributed by atoms with Crippen molar-refractivity contribution in [3.63, 3.8) is 0 Å². The van der Waals surface area contributed by atoms with E-state index >= 15 is 0 Å². The predicted octanol–water partition coefficient (Wildman–Crippen LogP) is 2.08. The van der Waals surface area contributed by atoms with E-state index in [0.29, 0.717) is 12.1 Å². The summed E-state index contributed by atoms with van der Waals surface area (Å²) in [5, 5.41) is 6.30. The fraction of sp³-hybridized carbons (Fsp3) is 0.250. The number of aryl methyl sites for hydroxylation is 2. The maximum absolute atomic E-state index is 12.3. The maximum Gasteiger partial charge on any atom is 0.253 e. The number of anilines is 3. The van der Waals surface area contributed by atoms with Crippen LogP contribution in [0, 0.1) is 6.92 Å². The van der Waals surface area contributed by atoms with Gasteiger partial charge in [-0.05, 0) is 43.3 Å². The lowest BCUT2D eigenvalue weighted by Crippen LogP contribution is -2.37. The van der Waals surface area contributed by atoms with Crippen LogP contribution in [0.1, 0.15) is 5.56 Å². The highest BCUT2D eigenvalue weighted by atomic mass is 32.2. The second-order valence-electron chi connectivity index (χ2n) is 7.17. The number of nitrogens with zero attached hydrogens (tertiary/aromatic N) is 3. The first kappa shape index (κ1) is 18.5. The quantitative estimate of drug-likeness (QED) is 0.714. The van der Waals surface area contributed by atoms with Crippen molar-refractivity contribution in [1.82, 2.24) is 4.57 Å². The van der Waals surface area contributed by atoms with Crippen LogP contribution in [0.15, 0.2) is 52.2 Å². The number of hydrogen-bond acceptors (Lipinski definition) is 5. The number of fused-ring (bicyclic) bond motifs is 2. The maximum atomic E-state index is 12.3. The number of hydrogen-bond donors (Lipinski definition) is 1. The average molecular weight is 398 g/mol. The highest BCUT2D eigenvalue weighted by Gasteiger charge is 2.25. The van der Waals surface area contributed by atoms with E-state index in [4.69, 9.17) is 5.14 Å². The Kier molecular flexibility index (Phi) is 4.20. The Morgan fingerprint density at radius 2 is 1.71 bits per heavy atom. The molecule has 28 heavy (non-hydrogen) atoms. The van der Waals surface area contributed by atoms with Gasteiger partial charge in [0.05, 0.1) is 27.5 Å². The molecule has 0 bridgehead atoms. The second kappa shape index (κ2) is 6.35. The zero-order valence-electron chi connectivity index (χ0n) is 16.0. The zero-order valence-corrected chi connectivity index (χ0v) is 16.8. The van der Waals surface area contributed by atoms with Crippen molar-refractivity contribution in [2.75, 3.05) is 29.9 Å². The van der Waals surface area contributed by atoms with E-state index in [1.807, 2.05) is 31.3 Å². The number of likely N-dealkylation sites (N-methyl/N-ethyl adjacent to an activating group) is 1. The molecule has 0 fully saturated rings. The van der Waals surface area contributed by atoms with Crippen molar-refractivity contribution in [3.8, 4) is 0 Å². The SMILES string of the molecule is Cc1cc2c(N3CCN(C)c4ccc(S(N)(=O)=O)cc43)cccc2n(C)c1=O. The molecule has 2 N–H and O–H groups in total. The molecular formula is C20H22N4O3S. The van der Waals surface area contributed by atoms with Crippen molar-refractivity contribution in [2.45, 2.75) is 11.8 Å². The van der Waals surface area contributed by atoms with Gasteiger partial charge in [-0.1, -0.05) is 6.07 Å². The standard InChI is InChI=1S/C20H22N4O3S/c1-13-11-15-16(23(3)20(13)25)5-4-6-17(15)24-10-9-22(2)18-8-7-14(12-19(18)24)28(21,26)27/h4-8,11-12H,9-10H2,1-3H3,(H2,21,26,27). The molecule has 2 heterocycles. The van der Waals surface area contributed by atoms with Gasteiger partial charge in [0, 0.05) is 38.1 Å². The summed E-state index contributed by atoms with van der Waals surface area (Å²) < 4.78 is 25.4. The molecule has 1 aliphatic heterocycles. The van der Waals surface area contributed by atoms with Gasteiger partial charge in [-0.25, -0.2) is 13.6 Å². The Morgan fingerprint density at radius 3 is 2.43 bits per heavy atom. The van der Waals surface area contributed by atoms with E-state index in [0.717, 1.165) is 34.5 Å². The van der Waals surface area contributed by atoms with Crippen molar-refractivity contribution in [1.29, 1.82) is 0 Å². The highest BCUT2D eigenvalue weighted by Crippen LogP contribution is 2.40. The van der Waals surface area contributed by atoms with E-state index in [1.165, 1.54) is 6.07 Å². The van der Waals surface area contributed by atoms with Gasteiger partial charge in [-0.3, -0.25) is 4.79 Å². The molecule has 0 saturated heterocycles. The minimum absolute atomic E-state index is 0.0278. The summed E-state index contributed by atoms with van der Waals surface area (Å²) in [5.74, 6) is 0. The van der Waals surface area contributed by atoms with Crippen LogP contribution in [-0.2, 0) is 17.1 Å². The second-order valence-corrected chi connectivity index (χ2v) is 8.73. The van der Waals surface area contributed by atoms with Crippen molar-refractivity contribution >= 4 is 38.0 Å². The normalized spacial score (nSPS) is 14.4. The average Bonchev–Trinajstić information content (AvgIpc) is 2.65. The fourth-order valence-electron chi connectivity index (χ4n) is 3.83. The van der Waals surface area contributed by atoms with Crippen molar-refractivity contribution < 1.29 is 8.42 Å². The lowest BCUT2D eigenvalue weighted by Gasteiger charge is -2.37. The molecular weight excluding hydrogens is 376 g/mol. The zero-order chi connectivity index (χ0) is 20.2. The van der Waals surface area contributed by atoms with Gasteiger partial charge in [-0.2, -0.15) is 0 Å². The number of primary sulfonamides is 1. The molecule has 0 spiro atoms. The molecule has 8 heteroatoms. The van der Waals surface area contributed by atoms with Gasteiger partial charge < -0.3 is 14.4 Å². The Morgan fingerprint density at radius 1 is 0.964 bits per heavy atom. The third-order valence-corrected chi connectivity index (χ3v) is 6.26. The van der Waals surface area contributed by atoms with Gasteiger partial charge in [0.2, 0.25) is 10.0 Å². The smallest absolute Gasteiger partial charge is 0.253 e. The topological polar surface area (TPSA) is 88.6 Å². The molecule has 0 atom stereocenters. The first-order chi connectivity index (χ1) is 13.2. The number of aromatic nitrogens is 1. The van der Waals surface area contributed by atoms with E-state index in [2.05, 4.69) is 9.80 Å². The monoisotopic (exact) mass is 398 g/mol. The summed E-state index contributed by atoms with van der Waals surface area (Å²) in [6.07, 6.45) is 0. The van der Waals surface area contributed by atoms with Crippen LogP contribution in [0.3, 0.4) is 0 Å². The van der Waals surface area contributed by atoms with Crippen molar-refractivity contribution in [2.24, 2.45) is 12.2 Å². The summed E-state index contributed by atoms with van der Waals surface area (Å²) in [6.45, 7) is 3.26. The molecule has 0 saturated carbocycles. The Labute approximate surface area is 163 Å². The molecule has 0 aliphatic carbocycles. The molecule has 3 aromatic rings. The summed E-state index contributed by atoms with van der Waals surface area (Å²) >= 11 is 0. The summed E-state index contributed by atoms with van der Waals surface area (Å²) in [7, 11) is -0.0733. The van der Waals surface area contributed by atoms with E-state index < -0.39 is 10.0 Å². The van der Waals surface area contributed by atoms with Crippen LogP contribution in [0.4, 0.5) is 17.1 Å². The van der Waals surface area contributed by atoms with Gasteiger partial charge in [-0.15, -0.1) is 0 Å². The molecule has 4 rings (SSSR count). The van der Waals surface area contributed by atoms with E-state index in [9.17, 15) is 13.2 Å². The third-order valence-electron chi connectivity index (χ3n) is 5.35. The van der Waals surface area contributed by atoms with Crippen LogP contribution in [0.25, 0.3) is 10.9 Å². The Balaban J connectivity index is 2.00. The first-order valence-corrected chi connectivity index (χ1v) is 10.5. The Hall–Kier alpha value is -2.84. The molecule has 7 nitrogen and oxygen atoms in total. The number of sulfonamides is 1. The highest BCUT2D eigenvalue weighted by molar-refractivity contribution is 7.89. The largest absolute Gasteiger partial charge is 0.371 e. The molecule has 1 aromatic heterocycles. The minimum Gasteiger partial charge on any atom is -0.371 e. The molecule has 0 unspecified atom stereocenters. The summed E-state index contributed by atoms with van der Waals surface area (Å²) in [5.41, 5.74) is 4.10. The molecule has 1 aliphatic rings. The number of benzene rings is 2. The van der Waals surface area contributed by atoms with Crippen LogP contribution in [0.5, 0.6) is 0 Å². The fourth-order valence-corrected chi connectivity index (χ4v) is 4.36. The number of nitrogens with two attached hydrogens (primary N) is 1. The summed E-state index contributed by atoms with van der Waals surface area (Å²) in [4.78, 5) is 16.6.